The van der Waals surface area contributed by atoms with E-state index in [1.807, 2.05) is 36.4 Å². The Kier molecular flexibility index (Phi) is 3.95. The van der Waals surface area contributed by atoms with Gasteiger partial charge >= 0.3 is 0 Å². The zero-order valence-corrected chi connectivity index (χ0v) is 14.7. The molecule has 0 aromatic heterocycles. The molecule has 2 aromatic carbocycles. The van der Waals surface area contributed by atoms with Crippen LogP contribution in [0.4, 0.5) is 11.4 Å². The SMILES string of the molecule is COc1ccc(N2N=C3c4ccccc4N(C(C)=O)CC3CC2=O)cc1. The van der Waals surface area contributed by atoms with Gasteiger partial charge in [-0.1, -0.05) is 18.2 Å². The number of rotatable bonds is 2. The molecule has 6 heteroatoms. The Morgan fingerprint density at radius 1 is 1.15 bits per heavy atom. The van der Waals surface area contributed by atoms with Gasteiger partial charge in [0, 0.05) is 31.4 Å². The molecule has 26 heavy (non-hydrogen) atoms. The minimum atomic E-state index is -0.0872. The molecule has 2 amide bonds. The van der Waals surface area contributed by atoms with Crippen molar-refractivity contribution in [1.82, 2.24) is 0 Å². The van der Waals surface area contributed by atoms with Crippen molar-refractivity contribution in [3.63, 3.8) is 0 Å². The maximum absolute atomic E-state index is 12.7. The molecule has 132 valence electrons. The number of carbonyl (C=O) groups excluding carboxylic acids is 2. The first kappa shape index (κ1) is 16.3. The average molecular weight is 349 g/mol. The minimum Gasteiger partial charge on any atom is -0.497 e. The smallest absolute Gasteiger partial charge is 0.248 e. The Labute approximate surface area is 151 Å². The van der Waals surface area contributed by atoms with Gasteiger partial charge in [-0.2, -0.15) is 5.10 Å². The van der Waals surface area contributed by atoms with E-state index in [1.165, 1.54) is 5.01 Å². The van der Waals surface area contributed by atoms with Crippen LogP contribution in [0.2, 0.25) is 0 Å². The van der Waals surface area contributed by atoms with Crippen molar-refractivity contribution in [2.24, 2.45) is 11.0 Å². The van der Waals surface area contributed by atoms with Gasteiger partial charge in [0.25, 0.3) is 0 Å². The third-order valence-electron chi connectivity index (χ3n) is 4.82. The lowest BCUT2D eigenvalue weighted by Crippen LogP contribution is -2.47. The first-order chi connectivity index (χ1) is 12.6. The lowest BCUT2D eigenvalue weighted by atomic mass is 9.86. The molecular formula is C20H19N3O3. The van der Waals surface area contributed by atoms with Crippen LogP contribution in [-0.4, -0.2) is 31.2 Å². The van der Waals surface area contributed by atoms with Gasteiger partial charge in [0.05, 0.1) is 24.2 Å². The van der Waals surface area contributed by atoms with E-state index in [9.17, 15) is 9.59 Å². The number of ether oxygens (including phenoxy) is 1. The van der Waals surface area contributed by atoms with Gasteiger partial charge in [-0.25, -0.2) is 5.01 Å². The number of methoxy groups -OCH3 is 1. The van der Waals surface area contributed by atoms with Gasteiger partial charge in [-0.3, -0.25) is 9.59 Å². The molecule has 6 nitrogen and oxygen atoms in total. The Morgan fingerprint density at radius 2 is 1.88 bits per heavy atom. The summed E-state index contributed by atoms with van der Waals surface area (Å²) >= 11 is 0. The summed E-state index contributed by atoms with van der Waals surface area (Å²) in [5, 5.41) is 6.12. The molecule has 0 radical (unpaired) electrons. The van der Waals surface area contributed by atoms with Crippen LogP contribution < -0.4 is 14.6 Å². The third-order valence-corrected chi connectivity index (χ3v) is 4.82. The summed E-state index contributed by atoms with van der Waals surface area (Å²) in [6.45, 7) is 2.03. The van der Waals surface area contributed by atoms with Crippen LogP contribution in [0.3, 0.4) is 0 Å². The topological polar surface area (TPSA) is 62.2 Å². The molecular weight excluding hydrogens is 330 g/mol. The maximum atomic E-state index is 12.7. The van der Waals surface area contributed by atoms with Crippen molar-refractivity contribution in [3.8, 4) is 5.75 Å². The van der Waals surface area contributed by atoms with Crippen LogP contribution in [0, 0.1) is 5.92 Å². The van der Waals surface area contributed by atoms with Gasteiger partial charge in [-0.05, 0) is 30.3 Å². The molecule has 2 aliphatic rings. The third kappa shape index (κ3) is 2.63. The molecule has 2 aliphatic heterocycles. The summed E-state index contributed by atoms with van der Waals surface area (Å²) in [5.41, 5.74) is 3.31. The zero-order chi connectivity index (χ0) is 18.3. The summed E-state index contributed by atoms with van der Waals surface area (Å²) in [7, 11) is 1.60. The van der Waals surface area contributed by atoms with Crippen LogP contribution in [0.5, 0.6) is 5.75 Å². The second kappa shape index (κ2) is 6.29. The van der Waals surface area contributed by atoms with Crippen molar-refractivity contribution in [1.29, 1.82) is 0 Å². The molecule has 0 aliphatic carbocycles. The average Bonchev–Trinajstić information content (AvgIpc) is 2.66. The van der Waals surface area contributed by atoms with Crippen LogP contribution in [0.25, 0.3) is 0 Å². The summed E-state index contributed by atoms with van der Waals surface area (Å²) in [6, 6.07) is 15.0. The van der Waals surface area contributed by atoms with Crippen LogP contribution in [0.1, 0.15) is 18.9 Å². The van der Waals surface area contributed by atoms with E-state index < -0.39 is 0 Å². The first-order valence-corrected chi connectivity index (χ1v) is 8.51. The van der Waals surface area contributed by atoms with E-state index in [2.05, 4.69) is 5.10 Å². The monoisotopic (exact) mass is 349 g/mol. The number of hydrazone groups is 1. The van der Waals surface area contributed by atoms with Gasteiger partial charge in [0.1, 0.15) is 5.75 Å². The number of benzene rings is 2. The number of nitrogens with zero attached hydrogens (tertiary/aromatic N) is 3. The van der Waals surface area contributed by atoms with Crippen molar-refractivity contribution < 1.29 is 14.3 Å². The van der Waals surface area contributed by atoms with E-state index in [-0.39, 0.29) is 17.7 Å². The summed E-state index contributed by atoms with van der Waals surface area (Å²) in [6.07, 6.45) is 0.322. The normalized spacial score (nSPS) is 18.8. The van der Waals surface area contributed by atoms with Gasteiger partial charge in [-0.15, -0.1) is 0 Å². The van der Waals surface area contributed by atoms with Gasteiger partial charge in [0.2, 0.25) is 11.8 Å². The van der Waals surface area contributed by atoms with Crippen LogP contribution in [0.15, 0.2) is 53.6 Å². The Hall–Kier alpha value is -3.15. The number of carbonyl (C=O) groups is 2. The number of hydrogen-bond acceptors (Lipinski definition) is 4. The molecule has 0 bridgehead atoms. The predicted molar refractivity (Wildman–Crippen MR) is 99.6 cm³/mol. The Balaban J connectivity index is 1.78. The molecule has 2 heterocycles. The summed E-state index contributed by atoms with van der Waals surface area (Å²) in [5.74, 6) is 0.535. The van der Waals surface area contributed by atoms with Gasteiger partial charge in [0.15, 0.2) is 0 Å². The lowest BCUT2D eigenvalue weighted by molar-refractivity contribution is -0.120. The van der Waals surface area contributed by atoms with Gasteiger partial charge < -0.3 is 9.64 Å². The number of para-hydroxylation sites is 1. The lowest BCUT2D eigenvalue weighted by Gasteiger charge is -2.38. The van der Waals surface area contributed by atoms with E-state index in [0.717, 1.165) is 22.7 Å². The molecule has 1 unspecified atom stereocenters. The van der Waals surface area contributed by atoms with Crippen molar-refractivity contribution >= 4 is 28.9 Å². The second-order valence-electron chi connectivity index (χ2n) is 6.44. The second-order valence-corrected chi connectivity index (χ2v) is 6.44. The van der Waals surface area contributed by atoms with E-state index >= 15 is 0 Å². The van der Waals surface area contributed by atoms with E-state index in [0.29, 0.717) is 18.7 Å². The molecule has 0 saturated carbocycles. The number of fused-ring (bicyclic) bond motifs is 3. The van der Waals surface area contributed by atoms with E-state index in [4.69, 9.17) is 4.74 Å². The van der Waals surface area contributed by atoms with Crippen molar-refractivity contribution in [2.45, 2.75) is 13.3 Å². The van der Waals surface area contributed by atoms with E-state index in [1.54, 1.807) is 31.1 Å². The van der Waals surface area contributed by atoms with Crippen LogP contribution >= 0.6 is 0 Å². The molecule has 0 saturated heterocycles. The highest BCUT2D eigenvalue weighted by Crippen LogP contribution is 2.35. The molecule has 0 spiro atoms. The number of hydrogen-bond donors (Lipinski definition) is 0. The first-order valence-electron chi connectivity index (χ1n) is 8.51. The van der Waals surface area contributed by atoms with Crippen molar-refractivity contribution in [3.05, 3.63) is 54.1 Å². The number of amides is 2. The predicted octanol–water partition coefficient (Wildman–Crippen LogP) is 2.82. The van der Waals surface area contributed by atoms with Crippen LogP contribution in [-0.2, 0) is 9.59 Å². The standard InChI is InChI=1S/C20H19N3O3/c1-13(24)22-12-14-11-19(25)23(15-7-9-16(26-2)10-8-15)21-20(14)17-5-3-4-6-18(17)22/h3-10,14H,11-12H2,1-2H3. The zero-order valence-electron chi connectivity index (χ0n) is 14.7. The fraction of sp³-hybridized carbons (Fsp3) is 0.250. The Bertz CT molecular complexity index is 905. The number of anilines is 2. The fourth-order valence-electron chi connectivity index (χ4n) is 3.53. The Morgan fingerprint density at radius 3 is 2.58 bits per heavy atom. The molecule has 1 atom stereocenters. The largest absolute Gasteiger partial charge is 0.497 e. The molecule has 0 N–H and O–H groups in total. The quantitative estimate of drug-likeness (QED) is 0.837. The highest BCUT2D eigenvalue weighted by atomic mass is 16.5. The highest BCUT2D eigenvalue weighted by Gasteiger charge is 2.38. The van der Waals surface area contributed by atoms with Crippen molar-refractivity contribution in [2.75, 3.05) is 23.6 Å². The summed E-state index contributed by atoms with van der Waals surface area (Å²) in [4.78, 5) is 26.5. The molecule has 0 fully saturated rings. The molecule has 4 rings (SSSR count). The summed E-state index contributed by atoms with van der Waals surface area (Å²) < 4.78 is 5.17. The fourth-order valence-corrected chi connectivity index (χ4v) is 3.53. The highest BCUT2D eigenvalue weighted by molar-refractivity contribution is 6.16. The molecule has 2 aromatic rings. The maximum Gasteiger partial charge on any atom is 0.248 e. The minimum absolute atomic E-state index is 0.0264.